The minimum Gasteiger partial charge on any atom is -0.457 e. The maximum Gasteiger partial charge on any atom is 0.338 e. The van der Waals surface area contributed by atoms with Gasteiger partial charge in [-0.05, 0) is 41.5 Å². The second kappa shape index (κ2) is 13.3. The van der Waals surface area contributed by atoms with E-state index in [4.69, 9.17) is 15.2 Å². The number of amides is 1. The van der Waals surface area contributed by atoms with Crippen LogP contribution in [0.15, 0.2) is 97.1 Å². The number of carbonyl (C=O) groups excluding carboxylic acids is 3. The fourth-order valence-corrected chi connectivity index (χ4v) is 3.82. The number of carbonyl (C=O) groups is 3. The molecule has 0 aliphatic heterocycles. The molecule has 0 saturated carbocycles. The Morgan fingerprint density at radius 2 is 1.18 bits per heavy atom. The van der Waals surface area contributed by atoms with Gasteiger partial charge in [0, 0.05) is 17.7 Å². The molecule has 7 nitrogen and oxygen atoms in total. The van der Waals surface area contributed by atoms with E-state index in [1.807, 2.05) is 12.1 Å². The number of halogens is 2. The van der Waals surface area contributed by atoms with E-state index in [0.717, 1.165) is 23.3 Å². The third-order valence-corrected chi connectivity index (χ3v) is 5.92. The molecule has 0 saturated heterocycles. The zero-order valence-electron chi connectivity index (χ0n) is 21.3. The van der Waals surface area contributed by atoms with Crippen molar-refractivity contribution in [2.45, 2.75) is 25.7 Å². The van der Waals surface area contributed by atoms with Crippen molar-refractivity contribution in [3.8, 4) is 0 Å². The Hall–Kier alpha value is -4.89. The van der Waals surface area contributed by atoms with Gasteiger partial charge in [-0.15, -0.1) is 0 Å². The highest BCUT2D eigenvalue weighted by Crippen LogP contribution is 2.20. The Morgan fingerprint density at radius 3 is 1.65 bits per heavy atom. The van der Waals surface area contributed by atoms with E-state index in [2.05, 4.69) is 5.32 Å². The zero-order chi connectivity index (χ0) is 28.5. The van der Waals surface area contributed by atoms with Crippen molar-refractivity contribution in [3.63, 3.8) is 0 Å². The molecule has 3 N–H and O–H groups in total. The van der Waals surface area contributed by atoms with Crippen LogP contribution in [0.5, 0.6) is 0 Å². The minimum absolute atomic E-state index is 0.0108. The molecule has 1 unspecified atom stereocenters. The second-order valence-corrected chi connectivity index (χ2v) is 8.92. The minimum atomic E-state index is -1.33. The van der Waals surface area contributed by atoms with Crippen LogP contribution >= 0.6 is 0 Å². The van der Waals surface area contributed by atoms with Crippen LogP contribution < -0.4 is 11.1 Å². The summed E-state index contributed by atoms with van der Waals surface area (Å²) in [6.45, 7) is -0.0216. The molecular weight excluding hydrogens is 518 g/mol. The number of esters is 2. The summed E-state index contributed by atoms with van der Waals surface area (Å²) in [6, 6.07) is 24.0. The molecule has 0 aliphatic rings. The van der Waals surface area contributed by atoms with Gasteiger partial charge in [-0.2, -0.15) is 0 Å². The largest absolute Gasteiger partial charge is 0.457 e. The molecule has 0 aromatic heterocycles. The highest BCUT2D eigenvalue weighted by molar-refractivity contribution is 6.00. The maximum atomic E-state index is 14.0. The van der Waals surface area contributed by atoms with Crippen molar-refractivity contribution < 1.29 is 32.6 Å². The van der Waals surface area contributed by atoms with Crippen LogP contribution in [0.2, 0.25) is 0 Å². The summed E-state index contributed by atoms with van der Waals surface area (Å²) in [5.41, 5.74) is 7.13. The molecule has 0 spiro atoms. The van der Waals surface area contributed by atoms with Gasteiger partial charge in [0.25, 0.3) is 0 Å². The molecule has 0 heterocycles. The summed E-state index contributed by atoms with van der Waals surface area (Å²) in [5.74, 6) is -3.91. The predicted octanol–water partition coefficient (Wildman–Crippen LogP) is 5.19. The summed E-state index contributed by atoms with van der Waals surface area (Å²) in [7, 11) is 0. The summed E-state index contributed by atoms with van der Waals surface area (Å²) in [6.07, 6.45) is -0.408. The average Bonchev–Trinajstić information content (AvgIpc) is 2.97. The summed E-state index contributed by atoms with van der Waals surface area (Å²) < 4.78 is 38.8. The zero-order valence-corrected chi connectivity index (χ0v) is 21.3. The van der Waals surface area contributed by atoms with E-state index < -0.39 is 41.9 Å². The van der Waals surface area contributed by atoms with E-state index in [1.54, 1.807) is 48.5 Å². The van der Waals surface area contributed by atoms with Gasteiger partial charge in [0.05, 0.1) is 17.2 Å². The van der Waals surface area contributed by atoms with E-state index in [0.29, 0.717) is 0 Å². The lowest BCUT2D eigenvalue weighted by molar-refractivity contribution is -0.117. The monoisotopic (exact) mass is 544 g/mol. The molecule has 0 radical (unpaired) electrons. The Bertz CT molecular complexity index is 1400. The van der Waals surface area contributed by atoms with Crippen molar-refractivity contribution in [1.29, 1.82) is 0 Å². The number of benzene rings is 4. The Morgan fingerprint density at radius 1 is 0.700 bits per heavy atom. The number of hydrogen-bond donors (Lipinski definition) is 2. The fourth-order valence-electron chi connectivity index (χ4n) is 3.82. The quantitative estimate of drug-likeness (QED) is 0.266. The highest BCUT2D eigenvalue weighted by atomic mass is 19.1. The van der Waals surface area contributed by atoms with Crippen LogP contribution in [0.1, 0.15) is 37.4 Å². The molecule has 9 heteroatoms. The van der Waals surface area contributed by atoms with Crippen LogP contribution in [0.4, 0.5) is 14.5 Å². The van der Waals surface area contributed by atoms with Crippen LogP contribution in [-0.4, -0.2) is 23.9 Å². The summed E-state index contributed by atoms with van der Waals surface area (Å²) in [4.78, 5) is 38.5. The average molecular weight is 545 g/mol. The Labute approximate surface area is 229 Å². The lowest BCUT2D eigenvalue weighted by Gasteiger charge is -2.15. The van der Waals surface area contributed by atoms with Gasteiger partial charge in [-0.25, -0.2) is 18.4 Å². The molecule has 4 aromatic rings. The van der Waals surface area contributed by atoms with E-state index in [1.165, 1.54) is 24.3 Å². The van der Waals surface area contributed by atoms with E-state index >= 15 is 0 Å². The van der Waals surface area contributed by atoms with Gasteiger partial charge in [0.15, 0.2) is 0 Å². The molecule has 204 valence electrons. The van der Waals surface area contributed by atoms with Crippen LogP contribution in [0, 0.1) is 11.6 Å². The normalized spacial score (nSPS) is 11.4. The molecule has 4 aromatic carbocycles. The van der Waals surface area contributed by atoms with Crippen molar-refractivity contribution in [3.05, 3.63) is 137 Å². The first-order valence-corrected chi connectivity index (χ1v) is 12.4. The molecule has 0 bridgehead atoms. The first-order chi connectivity index (χ1) is 19.3. The standard InChI is InChI=1S/C31H26F2N2O5/c32-26-12-7-13-27(33)25(26)17-28(34)29(36)35-24-15-22(30(37)39-18-20-8-3-1-4-9-20)14-23(16-24)31(38)40-19-21-10-5-2-6-11-21/h1-16,28H,17-19,34H2,(H,35,36). The van der Waals surface area contributed by atoms with Gasteiger partial charge in [-0.1, -0.05) is 66.7 Å². The second-order valence-electron chi connectivity index (χ2n) is 8.92. The highest BCUT2D eigenvalue weighted by Gasteiger charge is 2.21. The van der Waals surface area contributed by atoms with Crippen molar-refractivity contribution in [1.82, 2.24) is 0 Å². The van der Waals surface area contributed by atoms with E-state index in [-0.39, 0.29) is 35.6 Å². The summed E-state index contributed by atoms with van der Waals surface area (Å²) >= 11 is 0. The molecule has 4 rings (SSSR count). The number of hydrogen-bond acceptors (Lipinski definition) is 6. The lowest BCUT2D eigenvalue weighted by atomic mass is 10.0. The number of nitrogens with two attached hydrogens (primary N) is 1. The third kappa shape index (κ3) is 7.58. The molecule has 1 amide bonds. The van der Waals surface area contributed by atoms with Crippen molar-refractivity contribution in [2.75, 3.05) is 5.32 Å². The number of anilines is 1. The number of ether oxygens (including phenoxy) is 2. The number of nitrogens with one attached hydrogen (secondary N) is 1. The van der Waals surface area contributed by atoms with Crippen LogP contribution in [0.25, 0.3) is 0 Å². The first-order valence-electron chi connectivity index (χ1n) is 12.4. The van der Waals surface area contributed by atoms with Crippen LogP contribution in [0.3, 0.4) is 0 Å². The topological polar surface area (TPSA) is 108 Å². The SMILES string of the molecule is NC(Cc1c(F)cccc1F)C(=O)Nc1cc(C(=O)OCc2ccccc2)cc(C(=O)OCc2ccccc2)c1. The van der Waals surface area contributed by atoms with Gasteiger partial charge < -0.3 is 20.5 Å². The molecule has 1 atom stereocenters. The third-order valence-electron chi connectivity index (χ3n) is 5.92. The molecule has 40 heavy (non-hydrogen) atoms. The van der Waals surface area contributed by atoms with Crippen molar-refractivity contribution in [2.24, 2.45) is 5.73 Å². The summed E-state index contributed by atoms with van der Waals surface area (Å²) in [5, 5.41) is 2.51. The maximum absolute atomic E-state index is 14.0. The van der Waals surface area contributed by atoms with Gasteiger partial charge in [-0.3, -0.25) is 4.79 Å². The van der Waals surface area contributed by atoms with Gasteiger partial charge >= 0.3 is 11.9 Å². The van der Waals surface area contributed by atoms with Crippen LogP contribution in [-0.2, 0) is 33.9 Å². The molecule has 0 aliphatic carbocycles. The predicted molar refractivity (Wildman–Crippen MR) is 144 cm³/mol. The number of rotatable bonds is 10. The Kier molecular flexibility index (Phi) is 9.32. The molecular formula is C31H26F2N2O5. The smallest absolute Gasteiger partial charge is 0.338 e. The Balaban J connectivity index is 1.53. The molecule has 0 fully saturated rings. The van der Waals surface area contributed by atoms with Gasteiger partial charge in [0.1, 0.15) is 24.8 Å². The van der Waals surface area contributed by atoms with E-state index in [9.17, 15) is 23.2 Å². The first kappa shape index (κ1) is 28.1. The van der Waals surface area contributed by atoms with Crippen molar-refractivity contribution >= 4 is 23.5 Å². The lowest BCUT2D eigenvalue weighted by Crippen LogP contribution is -2.38. The fraction of sp³-hybridized carbons (Fsp3) is 0.129. The van der Waals surface area contributed by atoms with Gasteiger partial charge in [0.2, 0.25) is 5.91 Å².